The first kappa shape index (κ1) is 14.1. The SMILES string of the molecule is CC(C)NCC(=O)Nc1cc(Br)c(F)cc1F. The molecule has 0 saturated heterocycles. The number of carbonyl (C=O) groups excluding carboxylic acids is 1. The molecule has 0 radical (unpaired) electrons. The maximum atomic E-state index is 13.3. The number of benzene rings is 1. The van der Waals surface area contributed by atoms with Gasteiger partial charge in [-0.3, -0.25) is 4.79 Å². The summed E-state index contributed by atoms with van der Waals surface area (Å²) in [5.74, 6) is -1.89. The molecule has 3 nitrogen and oxygen atoms in total. The molecule has 0 aromatic heterocycles. The average molecular weight is 307 g/mol. The lowest BCUT2D eigenvalue weighted by Gasteiger charge is -2.10. The molecule has 94 valence electrons. The predicted molar refractivity (Wildman–Crippen MR) is 65.8 cm³/mol. The van der Waals surface area contributed by atoms with Crippen LogP contribution in [0.4, 0.5) is 14.5 Å². The second-order valence-electron chi connectivity index (χ2n) is 3.83. The number of rotatable bonds is 4. The molecule has 1 aromatic rings. The molecule has 1 amide bonds. The minimum atomic E-state index is -0.802. The zero-order valence-electron chi connectivity index (χ0n) is 9.48. The number of halogens is 3. The third-order valence-corrected chi connectivity index (χ3v) is 2.56. The Bertz CT molecular complexity index is 424. The van der Waals surface area contributed by atoms with E-state index in [2.05, 4.69) is 26.6 Å². The average Bonchev–Trinajstić information content (AvgIpc) is 2.23. The van der Waals surface area contributed by atoms with Crippen LogP contribution in [0, 0.1) is 11.6 Å². The summed E-state index contributed by atoms with van der Waals surface area (Å²) in [6.07, 6.45) is 0. The summed E-state index contributed by atoms with van der Waals surface area (Å²) in [6.45, 7) is 3.86. The lowest BCUT2D eigenvalue weighted by Crippen LogP contribution is -2.32. The summed E-state index contributed by atoms with van der Waals surface area (Å²) in [7, 11) is 0. The molecule has 6 heteroatoms. The summed E-state index contributed by atoms with van der Waals surface area (Å²) >= 11 is 2.92. The van der Waals surface area contributed by atoms with Gasteiger partial charge in [-0.25, -0.2) is 8.78 Å². The van der Waals surface area contributed by atoms with Crippen molar-refractivity contribution in [2.75, 3.05) is 11.9 Å². The molecular weight excluding hydrogens is 294 g/mol. The van der Waals surface area contributed by atoms with Crippen LogP contribution in [0.2, 0.25) is 0 Å². The maximum absolute atomic E-state index is 13.3. The number of hydrogen-bond donors (Lipinski definition) is 2. The zero-order valence-corrected chi connectivity index (χ0v) is 11.1. The molecule has 0 saturated carbocycles. The van der Waals surface area contributed by atoms with E-state index in [4.69, 9.17) is 0 Å². The molecule has 0 aliphatic heterocycles. The lowest BCUT2D eigenvalue weighted by atomic mass is 10.3. The molecule has 1 aromatic carbocycles. The van der Waals surface area contributed by atoms with Gasteiger partial charge in [0.2, 0.25) is 5.91 Å². The predicted octanol–water partition coefficient (Wildman–Crippen LogP) is 2.66. The minimum Gasteiger partial charge on any atom is -0.322 e. The van der Waals surface area contributed by atoms with Crippen LogP contribution < -0.4 is 10.6 Å². The summed E-state index contributed by atoms with van der Waals surface area (Å²) in [4.78, 5) is 11.4. The molecule has 0 aliphatic rings. The quantitative estimate of drug-likeness (QED) is 0.840. The highest BCUT2D eigenvalue weighted by Crippen LogP contribution is 2.23. The van der Waals surface area contributed by atoms with Crippen LogP contribution in [0.25, 0.3) is 0 Å². The fourth-order valence-electron chi connectivity index (χ4n) is 1.11. The Morgan fingerprint density at radius 2 is 2.00 bits per heavy atom. The van der Waals surface area contributed by atoms with Crippen LogP contribution in [0.1, 0.15) is 13.8 Å². The van der Waals surface area contributed by atoms with E-state index < -0.39 is 11.6 Å². The third kappa shape index (κ3) is 4.40. The minimum absolute atomic E-state index is 0.0474. The van der Waals surface area contributed by atoms with Crippen LogP contribution >= 0.6 is 15.9 Å². The number of nitrogens with one attached hydrogen (secondary N) is 2. The molecule has 0 spiro atoms. The topological polar surface area (TPSA) is 41.1 Å². The highest BCUT2D eigenvalue weighted by molar-refractivity contribution is 9.10. The molecule has 17 heavy (non-hydrogen) atoms. The van der Waals surface area contributed by atoms with Gasteiger partial charge in [0.15, 0.2) is 0 Å². The number of carbonyl (C=O) groups is 1. The molecule has 0 bridgehead atoms. The highest BCUT2D eigenvalue weighted by Gasteiger charge is 2.11. The fourth-order valence-corrected chi connectivity index (χ4v) is 1.45. The standard InChI is InChI=1S/C11H13BrF2N2O/c1-6(2)15-5-11(17)16-10-3-7(12)8(13)4-9(10)14/h3-4,6,15H,5H2,1-2H3,(H,16,17). The van der Waals surface area contributed by atoms with E-state index in [0.29, 0.717) is 0 Å². The van der Waals surface area contributed by atoms with Crippen LogP contribution in [0.15, 0.2) is 16.6 Å². The molecule has 0 atom stereocenters. The van der Waals surface area contributed by atoms with Crippen molar-refractivity contribution in [1.29, 1.82) is 0 Å². The largest absolute Gasteiger partial charge is 0.322 e. The van der Waals surface area contributed by atoms with Gasteiger partial charge in [0.05, 0.1) is 16.7 Å². The van der Waals surface area contributed by atoms with Gasteiger partial charge in [-0.05, 0) is 22.0 Å². The van der Waals surface area contributed by atoms with Crippen molar-refractivity contribution >= 4 is 27.5 Å². The van der Waals surface area contributed by atoms with Crippen molar-refractivity contribution in [2.45, 2.75) is 19.9 Å². The van der Waals surface area contributed by atoms with Gasteiger partial charge in [0.25, 0.3) is 0 Å². The molecular formula is C11H13BrF2N2O. The Kier molecular flexibility index (Phi) is 5.02. The second-order valence-corrected chi connectivity index (χ2v) is 4.68. The third-order valence-electron chi connectivity index (χ3n) is 1.95. The van der Waals surface area contributed by atoms with Crippen LogP contribution in [-0.4, -0.2) is 18.5 Å². The summed E-state index contributed by atoms with van der Waals surface area (Å²) in [5.41, 5.74) is -0.0474. The van der Waals surface area contributed by atoms with Crippen molar-refractivity contribution in [2.24, 2.45) is 0 Å². The van der Waals surface area contributed by atoms with Crippen molar-refractivity contribution in [3.8, 4) is 0 Å². The lowest BCUT2D eigenvalue weighted by molar-refractivity contribution is -0.115. The smallest absolute Gasteiger partial charge is 0.238 e. The number of amides is 1. The first-order valence-electron chi connectivity index (χ1n) is 5.08. The first-order chi connectivity index (χ1) is 7.90. The molecule has 0 unspecified atom stereocenters. The monoisotopic (exact) mass is 306 g/mol. The van der Waals surface area contributed by atoms with Gasteiger partial charge in [0, 0.05) is 12.1 Å². The van der Waals surface area contributed by atoms with E-state index in [1.54, 1.807) is 0 Å². The summed E-state index contributed by atoms with van der Waals surface area (Å²) in [6, 6.07) is 2.07. The summed E-state index contributed by atoms with van der Waals surface area (Å²) < 4.78 is 26.3. The van der Waals surface area contributed by atoms with E-state index in [-0.39, 0.29) is 28.7 Å². The van der Waals surface area contributed by atoms with E-state index in [9.17, 15) is 13.6 Å². The molecule has 2 N–H and O–H groups in total. The normalized spacial score (nSPS) is 10.7. The second kappa shape index (κ2) is 6.07. The molecule has 0 heterocycles. The van der Waals surface area contributed by atoms with Crippen molar-refractivity contribution < 1.29 is 13.6 Å². The Labute approximate surface area is 107 Å². The van der Waals surface area contributed by atoms with Gasteiger partial charge in [-0.15, -0.1) is 0 Å². The van der Waals surface area contributed by atoms with E-state index in [1.165, 1.54) is 6.07 Å². The van der Waals surface area contributed by atoms with E-state index >= 15 is 0 Å². The van der Waals surface area contributed by atoms with Crippen molar-refractivity contribution in [3.63, 3.8) is 0 Å². The van der Waals surface area contributed by atoms with E-state index in [1.807, 2.05) is 13.8 Å². The van der Waals surface area contributed by atoms with Crippen molar-refractivity contribution in [3.05, 3.63) is 28.2 Å². The van der Waals surface area contributed by atoms with Crippen LogP contribution in [-0.2, 0) is 4.79 Å². The summed E-state index contributed by atoms with van der Waals surface area (Å²) in [5, 5.41) is 5.25. The molecule has 1 rings (SSSR count). The van der Waals surface area contributed by atoms with E-state index in [0.717, 1.165) is 6.07 Å². The Morgan fingerprint density at radius 3 is 2.59 bits per heavy atom. The van der Waals surface area contributed by atoms with Crippen LogP contribution in [0.3, 0.4) is 0 Å². The Balaban J connectivity index is 2.68. The van der Waals surface area contributed by atoms with Crippen molar-refractivity contribution in [1.82, 2.24) is 5.32 Å². The Hall–Kier alpha value is -1.01. The molecule has 0 aliphatic carbocycles. The number of anilines is 1. The van der Waals surface area contributed by atoms with Gasteiger partial charge in [-0.1, -0.05) is 13.8 Å². The maximum Gasteiger partial charge on any atom is 0.238 e. The first-order valence-corrected chi connectivity index (χ1v) is 5.87. The van der Waals surface area contributed by atoms with Gasteiger partial charge >= 0.3 is 0 Å². The fraction of sp³-hybridized carbons (Fsp3) is 0.364. The van der Waals surface area contributed by atoms with Gasteiger partial charge < -0.3 is 10.6 Å². The van der Waals surface area contributed by atoms with Gasteiger partial charge in [0.1, 0.15) is 11.6 Å². The number of hydrogen-bond acceptors (Lipinski definition) is 2. The highest BCUT2D eigenvalue weighted by atomic mass is 79.9. The Morgan fingerprint density at radius 1 is 1.35 bits per heavy atom. The van der Waals surface area contributed by atoms with Crippen LogP contribution in [0.5, 0.6) is 0 Å². The zero-order chi connectivity index (χ0) is 13.0. The molecule has 0 fully saturated rings. The van der Waals surface area contributed by atoms with Gasteiger partial charge in [-0.2, -0.15) is 0 Å².